The highest BCUT2D eigenvalue weighted by molar-refractivity contribution is 6.07. The van der Waals surface area contributed by atoms with Crippen LogP contribution in [0.15, 0.2) is 64.2 Å². The lowest BCUT2D eigenvalue weighted by Gasteiger charge is -2.32. The number of para-hydroxylation sites is 1. The van der Waals surface area contributed by atoms with Crippen LogP contribution in [0.1, 0.15) is 29.6 Å². The third-order valence-corrected chi connectivity index (χ3v) is 5.55. The number of hydrogen-bond acceptors (Lipinski definition) is 3. The summed E-state index contributed by atoms with van der Waals surface area (Å²) in [4.78, 5) is 19.4. The molecule has 0 unspecified atom stereocenters. The molecule has 0 radical (unpaired) electrons. The molecule has 0 spiro atoms. The summed E-state index contributed by atoms with van der Waals surface area (Å²) in [6, 6.07) is 13.8. The molecule has 26 heavy (non-hydrogen) atoms. The van der Waals surface area contributed by atoms with E-state index in [2.05, 4.69) is 11.1 Å². The summed E-state index contributed by atoms with van der Waals surface area (Å²) < 4.78 is 5.92. The average Bonchev–Trinajstić information content (AvgIpc) is 3.35. The first-order chi connectivity index (χ1) is 12.8. The maximum Gasteiger partial charge on any atom is 0.253 e. The Hall–Kier alpha value is -2.88. The minimum atomic E-state index is 0.0947. The van der Waals surface area contributed by atoms with Gasteiger partial charge in [0.25, 0.3) is 5.91 Å². The van der Waals surface area contributed by atoms with Crippen LogP contribution >= 0.6 is 0 Å². The predicted molar refractivity (Wildman–Crippen MR) is 104 cm³/mol. The average molecular weight is 344 g/mol. The summed E-state index contributed by atoms with van der Waals surface area (Å²) in [6.45, 7) is 1.58. The minimum absolute atomic E-state index is 0.0947. The van der Waals surface area contributed by atoms with Crippen molar-refractivity contribution in [2.75, 3.05) is 13.1 Å². The topological polar surface area (TPSA) is 45.8 Å². The van der Waals surface area contributed by atoms with Gasteiger partial charge in [-0.1, -0.05) is 24.3 Å². The number of benzene rings is 2. The highest BCUT2D eigenvalue weighted by atomic mass is 16.3. The maximum atomic E-state index is 12.9. The molecule has 0 bridgehead atoms. The summed E-state index contributed by atoms with van der Waals surface area (Å²) in [5.41, 5.74) is 3.62. The van der Waals surface area contributed by atoms with E-state index in [9.17, 15) is 4.79 Å². The summed E-state index contributed by atoms with van der Waals surface area (Å²) in [5, 5.41) is 2.15. The van der Waals surface area contributed by atoms with Gasteiger partial charge in [0.2, 0.25) is 0 Å². The number of piperidine rings is 1. The fraction of sp³-hybridized carbons (Fsp3) is 0.273. The zero-order chi connectivity index (χ0) is 17.5. The van der Waals surface area contributed by atoms with E-state index in [1.54, 1.807) is 0 Å². The molecule has 3 aromatic rings. The number of nitrogens with zero attached hydrogens (tertiary/aromatic N) is 2. The molecule has 1 aromatic heterocycles. The Balaban J connectivity index is 1.36. The number of carbonyl (C=O) groups excluding carboxylic acids is 1. The lowest BCUT2D eigenvalue weighted by molar-refractivity contribution is 0.0710. The van der Waals surface area contributed by atoms with E-state index in [1.165, 1.54) is 5.71 Å². The highest BCUT2D eigenvalue weighted by Gasteiger charge is 2.27. The Morgan fingerprint density at radius 3 is 2.65 bits per heavy atom. The number of likely N-dealkylation sites (tertiary alicyclic amines) is 1. The molecule has 1 amide bonds. The molecule has 1 saturated heterocycles. The lowest BCUT2D eigenvalue weighted by Crippen LogP contribution is -2.40. The van der Waals surface area contributed by atoms with Gasteiger partial charge in [-0.3, -0.25) is 9.79 Å². The van der Waals surface area contributed by atoms with E-state index in [0.717, 1.165) is 54.3 Å². The van der Waals surface area contributed by atoms with Crippen molar-refractivity contribution in [1.29, 1.82) is 0 Å². The van der Waals surface area contributed by atoms with Crippen LogP contribution in [0.5, 0.6) is 0 Å². The molecule has 2 aliphatic heterocycles. The fourth-order valence-corrected chi connectivity index (χ4v) is 4.10. The number of carbonyl (C=O) groups is 1. The van der Waals surface area contributed by atoms with Crippen LogP contribution < -0.4 is 0 Å². The quantitative estimate of drug-likeness (QED) is 0.670. The van der Waals surface area contributed by atoms with Crippen molar-refractivity contribution < 1.29 is 9.21 Å². The van der Waals surface area contributed by atoms with Crippen molar-refractivity contribution in [3.05, 3.63) is 60.3 Å². The van der Waals surface area contributed by atoms with Crippen molar-refractivity contribution in [2.45, 2.75) is 19.3 Å². The molecule has 0 saturated carbocycles. The van der Waals surface area contributed by atoms with Crippen LogP contribution in [0.2, 0.25) is 0 Å². The highest BCUT2D eigenvalue weighted by Crippen LogP contribution is 2.30. The smallest absolute Gasteiger partial charge is 0.253 e. The van der Waals surface area contributed by atoms with Crippen molar-refractivity contribution in [1.82, 2.24) is 4.90 Å². The van der Waals surface area contributed by atoms with Crippen LogP contribution in [0, 0.1) is 5.92 Å². The van der Waals surface area contributed by atoms with Crippen LogP contribution in [0.25, 0.3) is 21.9 Å². The molecule has 5 rings (SSSR count). The van der Waals surface area contributed by atoms with Gasteiger partial charge < -0.3 is 9.32 Å². The SMILES string of the molecule is O=C(c1ccc2c(c1)oc1ccccc12)N1CCC(C2=NC=CC2)CC1. The molecule has 2 aliphatic rings. The zero-order valence-electron chi connectivity index (χ0n) is 14.5. The molecule has 2 aromatic carbocycles. The Morgan fingerprint density at radius 2 is 1.85 bits per heavy atom. The van der Waals surface area contributed by atoms with E-state index in [-0.39, 0.29) is 5.91 Å². The van der Waals surface area contributed by atoms with Crippen molar-refractivity contribution >= 4 is 33.6 Å². The minimum Gasteiger partial charge on any atom is -0.456 e. The van der Waals surface area contributed by atoms with Crippen molar-refractivity contribution in [3.63, 3.8) is 0 Å². The van der Waals surface area contributed by atoms with Crippen LogP contribution in [-0.4, -0.2) is 29.6 Å². The van der Waals surface area contributed by atoms with Gasteiger partial charge in [0.15, 0.2) is 0 Å². The number of hydrogen-bond donors (Lipinski definition) is 0. The Labute approximate surface area is 151 Å². The Morgan fingerprint density at radius 1 is 1.04 bits per heavy atom. The summed E-state index contributed by atoms with van der Waals surface area (Å²) in [7, 11) is 0. The first kappa shape index (κ1) is 15.4. The van der Waals surface area contributed by atoms with Crippen LogP contribution in [0.4, 0.5) is 0 Å². The van der Waals surface area contributed by atoms with Gasteiger partial charge in [-0.05, 0) is 37.1 Å². The van der Waals surface area contributed by atoms with Crippen molar-refractivity contribution in [2.24, 2.45) is 10.9 Å². The van der Waals surface area contributed by atoms with E-state index in [0.29, 0.717) is 11.5 Å². The van der Waals surface area contributed by atoms with Gasteiger partial charge in [-0.15, -0.1) is 0 Å². The molecular weight excluding hydrogens is 324 g/mol. The second-order valence-corrected chi connectivity index (χ2v) is 7.08. The van der Waals surface area contributed by atoms with Crippen LogP contribution in [-0.2, 0) is 0 Å². The molecule has 3 heterocycles. The first-order valence-electron chi connectivity index (χ1n) is 9.22. The zero-order valence-corrected chi connectivity index (χ0v) is 14.5. The molecular formula is C22H20N2O2. The Kier molecular flexibility index (Phi) is 3.63. The van der Waals surface area contributed by atoms with Gasteiger partial charge in [0.1, 0.15) is 11.2 Å². The van der Waals surface area contributed by atoms with E-state index >= 15 is 0 Å². The summed E-state index contributed by atoms with van der Waals surface area (Å²) >= 11 is 0. The van der Waals surface area contributed by atoms with E-state index in [1.807, 2.05) is 53.6 Å². The second-order valence-electron chi connectivity index (χ2n) is 7.08. The number of fused-ring (bicyclic) bond motifs is 3. The largest absolute Gasteiger partial charge is 0.456 e. The molecule has 0 N–H and O–H groups in total. The van der Waals surface area contributed by atoms with Gasteiger partial charge in [0, 0.05) is 53.7 Å². The predicted octanol–water partition coefficient (Wildman–Crippen LogP) is 4.80. The summed E-state index contributed by atoms with van der Waals surface area (Å²) in [6.07, 6.45) is 6.98. The van der Waals surface area contributed by atoms with Crippen molar-refractivity contribution in [3.8, 4) is 0 Å². The standard InChI is InChI=1S/C22H20N2O2/c25-22(24-12-9-15(10-13-24)19-5-3-11-23-19)16-7-8-18-17-4-1-2-6-20(17)26-21(18)14-16/h1-4,6-8,11,14-15H,5,9-10,12-13H2. The first-order valence-corrected chi connectivity index (χ1v) is 9.22. The van der Waals surface area contributed by atoms with Gasteiger partial charge in [0.05, 0.1) is 0 Å². The van der Waals surface area contributed by atoms with E-state index < -0.39 is 0 Å². The lowest BCUT2D eigenvalue weighted by atomic mass is 9.90. The third-order valence-electron chi connectivity index (χ3n) is 5.55. The molecule has 4 nitrogen and oxygen atoms in total. The molecule has 1 fully saturated rings. The van der Waals surface area contributed by atoms with E-state index in [4.69, 9.17) is 4.42 Å². The number of aliphatic imine (C=N–C) groups is 1. The van der Waals surface area contributed by atoms with Crippen LogP contribution in [0.3, 0.4) is 0 Å². The number of rotatable bonds is 2. The molecule has 0 atom stereocenters. The number of allylic oxidation sites excluding steroid dienone is 1. The third kappa shape index (κ3) is 2.53. The monoisotopic (exact) mass is 344 g/mol. The second kappa shape index (κ2) is 6.13. The Bertz CT molecular complexity index is 1050. The normalized spacial score (nSPS) is 18.0. The van der Waals surface area contributed by atoms with Gasteiger partial charge in [-0.2, -0.15) is 0 Å². The number of furan rings is 1. The molecule has 4 heteroatoms. The molecule has 130 valence electrons. The maximum absolute atomic E-state index is 12.9. The van der Waals surface area contributed by atoms with Gasteiger partial charge in [-0.25, -0.2) is 0 Å². The summed E-state index contributed by atoms with van der Waals surface area (Å²) in [5.74, 6) is 0.615. The number of amides is 1. The van der Waals surface area contributed by atoms with Gasteiger partial charge >= 0.3 is 0 Å². The fourth-order valence-electron chi connectivity index (χ4n) is 4.10. The molecule has 0 aliphatic carbocycles.